The summed E-state index contributed by atoms with van der Waals surface area (Å²) in [6, 6.07) is 34.7. The van der Waals surface area contributed by atoms with E-state index in [4.69, 9.17) is 4.99 Å². The van der Waals surface area contributed by atoms with Gasteiger partial charge in [0.05, 0.1) is 5.70 Å². The SMILES string of the molecule is C=C/C=C1/C2=C=CC=Cc3cccc(c32)/C1=C1/CN(c2ccc(C(=C)C(C)/C=C(N=C(C)c3ccccc3)/C(/C=C\C)=C/CC)cc2)c2ccccc21. The van der Waals surface area contributed by atoms with Crippen LogP contribution < -0.4 is 4.90 Å². The average molecular weight is 687 g/mol. The molecule has 2 heteroatoms. The van der Waals surface area contributed by atoms with Crippen molar-refractivity contribution in [3.8, 4) is 0 Å². The largest absolute Gasteiger partial charge is 0.336 e. The molecular formula is C51H46N2. The number of anilines is 2. The Kier molecular flexibility index (Phi) is 10.3. The maximum absolute atomic E-state index is 5.17. The first-order valence-corrected chi connectivity index (χ1v) is 18.6. The van der Waals surface area contributed by atoms with E-state index in [1.165, 1.54) is 44.7 Å². The summed E-state index contributed by atoms with van der Waals surface area (Å²) in [7, 11) is 0. The Hall–Kier alpha value is -6.21. The Balaban J connectivity index is 1.22. The molecule has 0 saturated heterocycles. The zero-order valence-corrected chi connectivity index (χ0v) is 31.2. The summed E-state index contributed by atoms with van der Waals surface area (Å²) in [6.45, 7) is 18.0. The fraction of sp³-hybridized carbons (Fsp3) is 0.137. The van der Waals surface area contributed by atoms with Crippen LogP contribution >= 0.6 is 0 Å². The average Bonchev–Trinajstić information content (AvgIpc) is 3.62. The van der Waals surface area contributed by atoms with Gasteiger partial charge < -0.3 is 4.90 Å². The lowest BCUT2D eigenvalue weighted by atomic mass is 9.93. The minimum absolute atomic E-state index is 0.0675. The Morgan fingerprint density at radius 3 is 2.43 bits per heavy atom. The van der Waals surface area contributed by atoms with Gasteiger partial charge in [0, 0.05) is 46.2 Å². The summed E-state index contributed by atoms with van der Waals surface area (Å²) >= 11 is 0. The molecule has 0 radical (unpaired) electrons. The number of rotatable bonds is 10. The second kappa shape index (κ2) is 15.6. The Labute approximate surface area is 315 Å². The van der Waals surface area contributed by atoms with Crippen molar-refractivity contribution in [1.82, 2.24) is 0 Å². The second-order valence-corrected chi connectivity index (χ2v) is 13.6. The monoisotopic (exact) mass is 686 g/mol. The Bertz CT molecular complexity index is 2380. The lowest BCUT2D eigenvalue weighted by Gasteiger charge is -2.21. The third-order valence-corrected chi connectivity index (χ3v) is 10.2. The van der Waals surface area contributed by atoms with Gasteiger partial charge in [0.1, 0.15) is 0 Å². The molecule has 260 valence electrons. The third kappa shape index (κ3) is 6.90. The number of hydrogen-bond acceptors (Lipinski definition) is 2. The van der Waals surface area contributed by atoms with Crippen molar-refractivity contribution in [3.63, 3.8) is 0 Å². The number of allylic oxidation sites excluding steroid dienone is 11. The van der Waals surface area contributed by atoms with Crippen molar-refractivity contribution in [1.29, 1.82) is 0 Å². The van der Waals surface area contributed by atoms with E-state index in [-0.39, 0.29) is 5.92 Å². The zero-order chi connectivity index (χ0) is 36.9. The molecule has 0 amide bonds. The zero-order valence-electron chi connectivity index (χ0n) is 31.2. The highest BCUT2D eigenvalue weighted by molar-refractivity contribution is 6.19. The van der Waals surface area contributed by atoms with Crippen molar-refractivity contribution in [2.24, 2.45) is 10.9 Å². The molecule has 1 unspecified atom stereocenters. The summed E-state index contributed by atoms with van der Waals surface area (Å²) in [5.74, 6) is 0.0675. The van der Waals surface area contributed by atoms with E-state index >= 15 is 0 Å². The number of aliphatic imine (C=N–C) groups is 1. The molecule has 0 N–H and O–H groups in total. The number of benzene rings is 4. The van der Waals surface area contributed by atoms with Gasteiger partial charge >= 0.3 is 0 Å². The molecule has 0 aromatic heterocycles. The first-order valence-electron chi connectivity index (χ1n) is 18.6. The van der Waals surface area contributed by atoms with E-state index < -0.39 is 0 Å². The van der Waals surface area contributed by atoms with Crippen molar-refractivity contribution in [2.45, 2.75) is 34.1 Å². The van der Waals surface area contributed by atoms with Crippen LogP contribution in [0.3, 0.4) is 0 Å². The van der Waals surface area contributed by atoms with Gasteiger partial charge in [-0.3, -0.25) is 4.99 Å². The van der Waals surface area contributed by atoms with E-state index in [2.05, 4.69) is 185 Å². The molecule has 53 heavy (non-hydrogen) atoms. The highest BCUT2D eigenvalue weighted by Gasteiger charge is 2.35. The van der Waals surface area contributed by atoms with Crippen LogP contribution in [0.15, 0.2) is 186 Å². The molecule has 3 aliphatic rings. The van der Waals surface area contributed by atoms with E-state index in [1.54, 1.807) is 0 Å². The third-order valence-electron chi connectivity index (χ3n) is 10.2. The van der Waals surface area contributed by atoms with Crippen LogP contribution in [-0.4, -0.2) is 12.3 Å². The van der Waals surface area contributed by atoms with Gasteiger partial charge in [0.25, 0.3) is 0 Å². The molecule has 2 nitrogen and oxygen atoms in total. The lowest BCUT2D eigenvalue weighted by molar-refractivity contribution is 0.949. The van der Waals surface area contributed by atoms with Crippen molar-refractivity contribution < 1.29 is 0 Å². The van der Waals surface area contributed by atoms with Crippen LogP contribution in [0.2, 0.25) is 0 Å². The lowest BCUT2D eigenvalue weighted by Crippen LogP contribution is -2.13. The fourth-order valence-corrected chi connectivity index (χ4v) is 7.62. The highest BCUT2D eigenvalue weighted by Crippen LogP contribution is 2.53. The predicted octanol–water partition coefficient (Wildman–Crippen LogP) is 13.4. The van der Waals surface area contributed by atoms with Crippen molar-refractivity contribution in [3.05, 3.63) is 215 Å². The van der Waals surface area contributed by atoms with Gasteiger partial charge in [0.2, 0.25) is 0 Å². The van der Waals surface area contributed by atoms with Gasteiger partial charge in [-0.1, -0.05) is 154 Å². The molecule has 0 bridgehead atoms. The summed E-state index contributed by atoms with van der Waals surface area (Å²) in [5.41, 5.74) is 22.2. The second-order valence-electron chi connectivity index (χ2n) is 13.6. The van der Waals surface area contributed by atoms with Gasteiger partial charge in [-0.15, -0.1) is 5.73 Å². The maximum atomic E-state index is 5.17. The standard InChI is InChI=1S/C51H46N2/c1-7-18-40(19-8-2)48(52-37(6)39-21-11-10-12-22-39)33-35(4)36(5)38-29-31-42(32-30-38)53-34-47(43-25-15-16-28-49(43)53)51-44(20-9-3)45-26-14-13-23-41-24-17-27-46(51)50(41)45/h7,9-25,27-33,35H,3,5,8,34H2,1-2,4,6H3/b18-7-,40-19+,44-20-,48-33-,51-47-,52-37?. The highest BCUT2D eigenvalue weighted by atomic mass is 15.2. The normalized spacial score (nSPS) is 18.0. The minimum Gasteiger partial charge on any atom is -0.336 e. The van der Waals surface area contributed by atoms with Crippen LogP contribution in [0.5, 0.6) is 0 Å². The molecule has 4 aromatic carbocycles. The fourth-order valence-electron chi connectivity index (χ4n) is 7.62. The Morgan fingerprint density at radius 1 is 0.925 bits per heavy atom. The molecule has 1 atom stereocenters. The van der Waals surface area contributed by atoms with Crippen LogP contribution in [0.25, 0.3) is 28.4 Å². The predicted molar refractivity (Wildman–Crippen MR) is 230 cm³/mol. The molecule has 7 rings (SSSR count). The molecule has 1 aliphatic heterocycles. The molecule has 0 spiro atoms. The van der Waals surface area contributed by atoms with Crippen LogP contribution in [0, 0.1) is 5.92 Å². The van der Waals surface area contributed by atoms with Crippen LogP contribution in [0.4, 0.5) is 11.4 Å². The number of hydrogen-bond donors (Lipinski definition) is 0. The Morgan fingerprint density at radius 2 is 1.68 bits per heavy atom. The first kappa shape index (κ1) is 35.2. The molecule has 2 aliphatic carbocycles. The van der Waals surface area contributed by atoms with Gasteiger partial charge in [-0.2, -0.15) is 0 Å². The smallest absolute Gasteiger partial charge is 0.0668 e. The number of fused-ring (bicyclic) bond motifs is 1. The summed E-state index contributed by atoms with van der Waals surface area (Å²) in [6.07, 6.45) is 20.0. The molecule has 4 aromatic rings. The van der Waals surface area contributed by atoms with E-state index in [0.717, 1.165) is 57.9 Å². The van der Waals surface area contributed by atoms with Crippen molar-refractivity contribution >= 4 is 45.5 Å². The summed E-state index contributed by atoms with van der Waals surface area (Å²) in [5, 5.41) is 0. The minimum atomic E-state index is 0.0675. The van der Waals surface area contributed by atoms with E-state index in [0.29, 0.717) is 0 Å². The van der Waals surface area contributed by atoms with E-state index in [1.807, 2.05) is 18.2 Å². The van der Waals surface area contributed by atoms with Crippen molar-refractivity contribution in [2.75, 3.05) is 11.4 Å². The van der Waals surface area contributed by atoms with E-state index in [9.17, 15) is 0 Å². The molecule has 1 heterocycles. The quantitative estimate of drug-likeness (QED) is 0.0921. The van der Waals surface area contributed by atoms with Gasteiger partial charge in [-0.25, -0.2) is 0 Å². The van der Waals surface area contributed by atoms with Crippen LogP contribution in [-0.2, 0) is 0 Å². The molecular weight excluding hydrogens is 641 g/mol. The van der Waals surface area contributed by atoms with Crippen LogP contribution in [0.1, 0.15) is 67.5 Å². The molecule has 0 fully saturated rings. The topological polar surface area (TPSA) is 15.6 Å². The molecule has 0 saturated carbocycles. The summed E-state index contributed by atoms with van der Waals surface area (Å²) < 4.78 is 0. The van der Waals surface area contributed by atoms with Gasteiger partial charge in [0.15, 0.2) is 0 Å². The summed E-state index contributed by atoms with van der Waals surface area (Å²) in [4.78, 5) is 7.60. The number of para-hydroxylation sites is 1. The first-order chi connectivity index (χ1) is 25.9. The van der Waals surface area contributed by atoms with Gasteiger partial charge in [-0.05, 0) is 94.7 Å². The number of nitrogens with zero attached hydrogens (tertiary/aromatic N) is 2. The maximum Gasteiger partial charge on any atom is 0.0668 e.